The van der Waals surface area contributed by atoms with Crippen LogP contribution in [0.2, 0.25) is 0 Å². The Morgan fingerprint density at radius 3 is 2.69 bits per heavy atom. The highest BCUT2D eigenvalue weighted by Crippen LogP contribution is 2.29. The van der Waals surface area contributed by atoms with Crippen molar-refractivity contribution in [3.05, 3.63) is 47.4 Å². The molecule has 1 saturated heterocycles. The number of nitrogens with two attached hydrogens (primary N) is 1. The molecule has 172 valence electrons. The fourth-order valence-electron chi connectivity index (χ4n) is 4.76. The van der Waals surface area contributed by atoms with Gasteiger partial charge in [0.15, 0.2) is 0 Å². The number of carbonyl (C=O) groups excluding carboxylic acids is 1. The summed E-state index contributed by atoms with van der Waals surface area (Å²) in [4.78, 5) is 19.3. The molecule has 0 radical (unpaired) electrons. The van der Waals surface area contributed by atoms with Gasteiger partial charge in [0.1, 0.15) is 11.6 Å². The number of nitrogens with one attached hydrogen (secondary N) is 1. The van der Waals surface area contributed by atoms with E-state index in [1.165, 1.54) is 6.07 Å². The molecule has 6 nitrogen and oxygen atoms in total. The Morgan fingerprint density at radius 1 is 1.28 bits per heavy atom. The van der Waals surface area contributed by atoms with Gasteiger partial charge in [0.2, 0.25) is 0 Å². The SMILES string of the molecule is C[C@@H]1CCCN1Cc1ccc(-c2cnc(N)c(C(=O)NC3CCC(C)(O)CC3)c2)cc1F. The highest BCUT2D eigenvalue weighted by Gasteiger charge is 2.30. The number of nitrogens with zero attached hydrogens (tertiary/aromatic N) is 2. The summed E-state index contributed by atoms with van der Waals surface area (Å²) >= 11 is 0. The number of hydrogen-bond acceptors (Lipinski definition) is 5. The normalized spacial score (nSPS) is 26.2. The average Bonchev–Trinajstić information content (AvgIpc) is 3.16. The first-order chi connectivity index (χ1) is 15.2. The molecule has 1 aliphatic heterocycles. The molecule has 1 saturated carbocycles. The Hall–Kier alpha value is -2.51. The van der Waals surface area contributed by atoms with Crippen LogP contribution in [0.3, 0.4) is 0 Å². The summed E-state index contributed by atoms with van der Waals surface area (Å²) in [6.07, 6.45) is 6.61. The maximum atomic E-state index is 14.9. The minimum Gasteiger partial charge on any atom is -0.390 e. The summed E-state index contributed by atoms with van der Waals surface area (Å²) in [5.74, 6) is -0.392. The first kappa shape index (κ1) is 22.7. The van der Waals surface area contributed by atoms with E-state index in [-0.39, 0.29) is 29.1 Å². The number of carbonyl (C=O) groups is 1. The van der Waals surface area contributed by atoms with E-state index in [0.717, 1.165) is 19.4 Å². The molecule has 2 aromatic rings. The summed E-state index contributed by atoms with van der Waals surface area (Å²) in [6.45, 7) is 5.62. The van der Waals surface area contributed by atoms with Crippen LogP contribution in [-0.4, -0.2) is 45.1 Å². The van der Waals surface area contributed by atoms with Crippen molar-refractivity contribution < 1.29 is 14.3 Å². The third kappa shape index (κ3) is 5.10. The summed E-state index contributed by atoms with van der Waals surface area (Å²) in [5.41, 5.74) is 7.60. The van der Waals surface area contributed by atoms with Gasteiger partial charge in [-0.15, -0.1) is 0 Å². The lowest BCUT2D eigenvalue weighted by Crippen LogP contribution is -2.42. The van der Waals surface area contributed by atoms with E-state index in [9.17, 15) is 14.3 Å². The van der Waals surface area contributed by atoms with Crippen LogP contribution >= 0.6 is 0 Å². The van der Waals surface area contributed by atoms with E-state index in [2.05, 4.69) is 22.1 Å². The molecule has 0 spiro atoms. The molecule has 1 atom stereocenters. The number of aromatic nitrogens is 1. The number of pyridine rings is 1. The molecule has 0 unspecified atom stereocenters. The Bertz CT molecular complexity index is 984. The van der Waals surface area contributed by atoms with Gasteiger partial charge in [-0.25, -0.2) is 9.37 Å². The van der Waals surface area contributed by atoms with Crippen molar-refractivity contribution in [2.45, 2.75) is 76.6 Å². The van der Waals surface area contributed by atoms with Crippen LogP contribution in [0.5, 0.6) is 0 Å². The molecule has 2 fully saturated rings. The molecular formula is C25H33FN4O2. The molecule has 1 aromatic carbocycles. The van der Waals surface area contributed by atoms with Crippen molar-refractivity contribution >= 4 is 11.7 Å². The van der Waals surface area contributed by atoms with Gasteiger partial charge in [-0.2, -0.15) is 0 Å². The fraction of sp³-hybridized carbons (Fsp3) is 0.520. The van der Waals surface area contributed by atoms with Gasteiger partial charge in [0.05, 0.1) is 11.2 Å². The van der Waals surface area contributed by atoms with Gasteiger partial charge >= 0.3 is 0 Å². The molecule has 4 N–H and O–H groups in total. The fourth-order valence-corrected chi connectivity index (χ4v) is 4.76. The summed E-state index contributed by atoms with van der Waals surface area (Å²) in [5, 5.41) is 13.1. The van der Waals surface area contributed by atoms with Crippen LogP contribution in [-0.2, 0) is 6.54 Å². The minimum atomic E-state index is -0.662. The molecule has 0 bridgehead atoms. The topological polar surface area (TPSA) is 91.5 Å². The average molecular weight is 441 g/mol. The number of benzene rings is 1. The molecule has 32 heavy (non-hydrogen) atoms. The number of aliphatic hydroxyl groups is 1. The maximum Gasteiger partial charge on any atom is 0.255 e. The molecule has 1 amide bonds. The molecular weight excluding hydrogens is 407 g/mol. The molecule has 2 heterocycles. The van der Waals surface area contributed by atoms with Crippen molar-refractivity contribution in [2.75, 3.05) is 12.3 Å². The maximum absolute atomic E-state index is 14.9. The number of halogens is 1. The zero-order chi connectivity index (χ0) is 22.9. The van der Waals surface area contributed by atoms with Crippen LogP contribution in [0.15, 0.2) is 30.5 Å². The summed E-state index contributed by atoms with van der Waals surface area (Å²) in [7, 11) is 0. The number of likely N-dealkylation sites (tertiary alicyclic amines) is 1. The second kappa shape index (κ2) is 9.16. The van der Waals surface area contributed by atoms with Crippen molar-refractivity contribution in [2.24, 2.45) is 0 Å². The number of hydrogen-bond donors (Lipinski definition) is 3. The van der Waals surface area contributed by atoms with Crippen molar-refractivity contribution in [3.8, 4) is 11.1 Å². The first-order valence-corrected chi connectivity index (χ1v) is 11.5. The van der Waals surface area contributed by atoms with Gasteiger partial charge in [0.25, 0.3) is 5.91 Å². The molecule has 7 heteroatoms. The van der Waals surface area contributed by atoms with E-state index in [1.807, 2.05) is 19.1 Å². The van der Waals surface area contributed by atoms with Crippen LogP contribution in [0.4, 0.5) is 10.2 Å². The predicted molar refractivity (Wildman–Crippen MR) is 123 cm³/mol. The highest BCUT2D eigenvalue weighted by atomic mass is 19.1. The van der Waals surface area contributed by atoms with Crippen molar-refractivity contribution in [3.63, 3.8) is 0 Å². The van der Waals surface area contributed by atoms with Gasteiger partial charge < -0.3 is 16.2 Å². The second-order valence-corrected chi connectivity index (χ2v) is 9.67. The van der Waals surface area contributed by atoms with E-state index in [0.29, 0.717) is 55.0 Å². The van der Waals surface area contributed by atoms with E-state index in [1.54, 1.807) is 12.3 Å². The predicted octanol–water partition coefficient (Wildman–Crippen LogP) is 3.88. The number of nitrogen functional groups attached to an aromatic ring is 1. The first-order valence-electron chi connectivity index (χ1n) is 11.5. The summed E-state index contributed by atoms with van der Waals surface area (Å²) in [6, 6.07) is 7.35. The molecule has 1 aromatic heterocycles. The lowest BCUT2D eigenvalue weighted by Gasteiger charge is -2.33. The quantitative estimate of drug-likeness (QED) is 0.656. The Labute approximate surface area is 189 Å². The van der Waals surface area contributed by atoms with Crippen molar-refractivity contribution in [1.82, 2.24) is 15.2 Å². The lowest BCUT2D eigenvalue weighted by molar-refractivity contribution is 0.0140. The number of amides is 1. The molecule has 4 rings (SSSR count). The minimum absolute atomic E-state index is 0.00418. The zero-order valence-electron chi connectivity index (χ0n) is 18.9. The van der Waals surface area contributed by atoms with Gasteiger partial charge in [-0.05, 0) is 76.6 Å². The largest absolute Gasteiger partial charge is 0.390 e. The molecule has 1 aliphatic carbocycles. The van der Waals surface area contributed by atoms with Crippen LogP contribution < -0.4 is 11.1 Å². The van der Waals surface area contributed by atoms with Crippen LogP contribution in [0, 0.1) is 5.82 Å². The smallest absolute Gasteiger partial charge is 0.255 e. The van der Waals surface area contributed by atoms with Gasteiger partial charge in [-0.3, -0.25) is 9.69 Å². The monoisotopic (exact) mass is 440 g/mol. The molecule has 2 aliphatic rings. The summed E-state index contributed by atoms with van der Waals surface area (Å²) < 4.78 is 14.9. The Kier molecular flexibility index (Phi) is 6.49. The third-order valence-electron chi connectivity index (χ3n) is 7.01. The highest BCUT2D eigenvalue weighted by molar-refractivity contribution is 5.99. The van der Waals surface area contributed by atoms with Gasteiger partial charge in [0, 0.05) is 36.0 Å². The van der Waals surface area contributed by atoms with E-state index < -0.39 is 5.60 Å². The third-order valence-corrected chi connectivity index (χ3v) is 7.01. The van der Waals surface area contributed by atoms with E-state index in [4.69, 9.17) is 5.73 Å². The van der Waals surface area contributed by atoms with Crippen molar-refractivity contribution in [1.29, 1.82) is 0 Å². The number of rotatable bonds is 5. The second-order valence-electron chi connectivity index (χ2n) is 9.67. The Morgan fingerprint density at radius 2 is 2.03 bits per heavy atom. The number of anilines is 1. The Balaban J connectivity index is 1.48. The standard InChI is InChI=1S/C25H33FN4O2/c1-16-4-3-11-30(16)15-18-6-5-17(13-22(18)26)19-12-21(23(27)28-14-19)24(31)29-20-7-9-25(2,32)10-8-20/h5-6,12-14,16,20,32H,3-4,7-11,15H2,1-2H3,(H2,27,28)(H,29,31)/t16-,20?,25?/m1/s1. The van der Waals surface area contributed by atoms with E-state index >= 15 is 0 Å². The zero-order valence-corrected chi connectivity index (χ0v) is 18.9. The van der Waals surface area contributed by atoms with Gasteiger partial charge in [-0.1, -0.05) is 12.1 Å². The van der Waals surface area contributed by atoms with Crippen LogP contribution in [0.1, 0.15) is 68.3 Å². The van der Waals surface area contributed by atoms with Crippen LogP contribution in [0.25, 0.3) is 11.1 Å². The lowest BCUT2D eigenvalue weighted by atomic mass is 9.83.